The molecule has 1 N–H and O–H groups in total. The van der Waals surface area contributed by atoms with Crippen LogP contribution in [0.25, 0.3) is 0 Å². The number of carboxylic acids is 1. The first-order valence-electron chi connectivity index (χ1n) is 8.73. The van der Waals surface area contributed by atoms with Crippen molar-refractivity contribution in [3.05, 3.63) is 35.9 Å². The zero-order chi connectivity index (χ0) is 15.4. The van der Waals surface area contributed by atoms with E-state index >= 15 is 0 Å². The molecular formula is C19H27NO2. The van der Waals surface area contributed by atoms with Crippen LogP contribution in [0.2, 0.25) is 0 Å². The summed E-state index contributed by atoms with van der Waals surface area (Å²) in [6.07, 6.45) is 7.65. The Morgan fingerprint density at radius 2 is 1.64 bits per heavy atom. The average molecular weight is 301 g/mol. The van der Waals surface area contributed by atoms with Gasteiger partial charge in [0.2, 0.25) is 0 Å². The number of nitrogens with zero attached hydrogens (tertiary/aromatic N) is 1. The van der Waals surface area contributed by atoms with Crippen molar-refractivity contribution >= 4 is 5.97 Å². The Bertz CT molecular complexity index is 471. The molecule has 2 aliphatic rings. The van der Waals surface area contributed by atoms with Crippen LogP contribution in [0.5, 0.6) is 0 Å². The smallest absolute Gasteiger partial charge is 0.306 e. The van der Waals surface area contributed by atoms with Crippen LogP contribution in [0.3, 0.4) is 0 Å². The number of rotatable bonds is 4. The largest absolute Gasteiger partial charge is 0.481 e. The first kappa shape index (κ1) is 15.5. The number of hydrogen-bond acceptors (Lipinski definition) is 2. The first-order chi connectivity index (χ1) is 10.7. The molecule has 3 heteroatoms. The molecule has 0 amide bonds. The fourth-order valence-corrected chi connectivity index (χ4v) is 4.16. The monoisotopic (exact) mass is 301 g/mol. The molecule has 3 nitrogen and oxygen atoms in total. The van der Waals surface area contributed by atoms with E-state index in [0.717, 1.165) is 31.6 Å². The van der Waals surface area contributed by atoms with Crippen LogP contribution in [-0.4, -0.2) is 35.1 Å². The molecule has 1 saturated heterocycles. The standard InChI is InChI=1S/C19H27NO2/c21-19(22)17-6-8-18(9-7-17)20-12-10-16(11-13-20)14-15-4-2-1-3-5-15/h1-5,16-18H,6-14H2,(H,21,22). The molecule has 1 aromatic carbocycles. The lowest BCUT2D eigenvalue weighted by Crippen LogP contribution is -2.44. The fourth-order valence-electron chi connectivity index (χ4n) is 4.16. The molecule has 120 valence electrons. The summed E-state index contributed by atoms with van der Waals surface area (Å²) in [4.78, 5) is 13.7. The van der Waals surface area contributed by atoms with Gasteiger partial charge >= 0.3 is 5.97 Å². The van der Waals surface area contributed by atoms with E-state index in [4.69, 9.17) is 5.11 Å². The summed E-state index contributed by atoms with van der Waals surface area (Å²) in [6, 6.07) is 11.4. The van der Waals surface area contributed by atoms with Gasteiger partial charge < -0.3 is 10.0 Å². The summed E-state index contributed by atoms with van der Waals surface area (Å²) in [7, 11) is 0. The summed E-state index contributed by atoms with van der Waals surface area (Å²) >= 11 is 0. The lowest BCUT2D eigenvalue weighted by Gasteiger charge is -2.40. The minimum atomic E-state index is -0.597. The highest BCUT2D eigenvalue weighted by Crippen LogP contribution is 2.31. The molecule has 2 fully saturated rings. The highest BCUT2D eigenvalue weighted by atomic mass is 16.4. The van der Waals surface area contributed by atoms with Gasteiger partial charge in [-0.05, 0) is 69.5 Å². The maximum atomic E-state index is 11.0. The maximum absolute atomic E-state index is 11.0. The van der Waals surface area contributed by atoms with Crippen molar-refractivity contribution in [1.82, 2.24) is 4.90 Å². The van der Waals surface area contributed by atoms with Gasteiger partial charge in [0.25, 0.3) is 0 Å². The Balaban J connectivity index is 1.43. The van der Waals surface area contributed by atoms with Crippen molar-refractivity contribution in [2.45, 2.75) is 51.0 Å². The van der Waals surface area contributed by atoms with E-state index in [0.29, 0.717) is 6.04 Å². The predicted octanol–water partition coefficient (Wildman–Crippen LogP) is 3.58. The van der Waals surface area contributed by atoms with Crippen LogP contribution in [0.4, 0.5) is 0 Å². The molecule has 0 atom stereocenters. The fraction of sp³-hybridized carbons (Fsp3) is 0.632. The second-order valence-electron chi connectivity index (χ2n) is 7.01. The van der Waals surface area contributed by atoms with Crippen molar-refractivity contribution in [3.63, 3.8) is 0 Å². The summed E-state index contributed by atoms with van der Waals surface area (Å²) in [5, 5.41) is 9.10. The highest BCUT2D eigenvalue weighted by Gasteiger charge is 2.31. The van der Waals surface area contributed by atoms with Gasteiger partial charge in [-0.1, -0.05) is 30.3 Å². The Hall–Kier alpha value is -1.35. The van der Waals surface area contributed by atoms with Gasteiger partial charge in [-0.15, -0.1) is 0 Å². The summed E-state index contributed by atoms with van der Waals surface area (Å²) in [5.74, 6) is 0.126. The molecule has 22 heavy (non-hydrogen) atoms. The first-order valence-corrected chi connectivity index (χ1v) is 8.73. The number of piperidine rings is 1. The van der Waals surface area contributed by atoms with Crippen LogP contribution < -0.4 is 0 Å². The van der Waals surface area contributed by atoms with Crippen molar-refractivity contribution in [3.8, 4) is 0 Å². The molecule has 0 aromatic heterocycles. The molecule has 0 radical (unpaired) electrons. The topological polar surface area (TPSA) is 40.5 Å². The number of carbonyl (C=O) groups is 1. The summed E-state index contributed by atoms with van der Waals surface area (Å²) in [5.41, 5.74) is 1.46. The van der Waals surface area contributed by atoms with Crippen LogP contribution in [0.1, 0.15) is 44.1 Å². The minimum absolute atomic E-state index is 0.0909. The molecule has 1 heterocycles. The highest BCUT2D eigenvalue weighted by molar-refractivity contribution is 5.70. The summed E-state index contributed by atoms with van der Waals surface area (Å²) < 4.78 is 0. The zero-order valence-electron chi connectivity index (χ0n) is 13.3. The molecule has 1 saturated carbocycles. The van der Waals surface area contributed by atoms with Gasteiger partial charge in [-0.2, -0.15) is 0 Å². The van der Waals surface area contributed by atoms with E-state index in [-0.39, 0.29) is 5.92 Å². The maximum Gasteiger partial charge on any atom is 0.306 e. The lowest BCUT2D eigenvalue weighted by molar-refractivity contribution is -0.143. The van der Waals surface area contributed by atoms with Crippen LogP contribution in [-0.2, 0) is 11.2 Å². The van der Waals surface area contributed by atoms with E-state index in [1.54, 1.807) is 0 Å². The number of benzene rings is 1. The lowest BCUT2D eigenvalue weighted by atomic mass is 9.83. The van der Waals surface area contributed by atoms with E-state index < -0.39 is 5.97 Å². The third-order valence-electron chi connectivity index (χ3n) is 5.58. The second kappa shape index (κ2) is 7.28. The van der Waals surface area contributed by atoms with Gasteiger partial charge in [-0.3, -0.25) is 4.79 Å². The van der Waals surface area contributed by atoms with E-state index in [9.17, 15) is 4.79 Å². The molecule has 3 rings (SSSR count). The Morgan fingerprint density at radius 3 is 2.23 bits per heavy atom. The third-order valence-corrected chi connectivity index (χ3v) is 5.58. The van der Waals surface area contributed by atoms with Crippen LogP contribution in [0, 0.1) is 11.8 Å². The molecule has 1 aromatic rings. The average Bonchev–Trinajstić information content (AvgIpc) is 2.57. The number of carboxylic acid groups (broad SMARTS) is 1. The molecule has 1 aliphatic carbocycles. The third kappa shape index (κ3) is 3.89. The number of likely N-dealkylation sites (tertiary alicyclic amines) is 1. The van der Waals surface area contributed by atoms with Gasteiger partial charge in [0.15, 0.2) is 0 Å². The van der Waals surface area contributed by atoms with Crippen molar-refractivity contribution in [2.75, 3.05) is 13.1 Å². The zero-order valence-corrected chi connectivity index (χ0v) is 13.3. The van der Waals surface area contributed by atoms with Crippen LogP contribution >= 0.6 is 0 Å². The molecular weight excluding hydrogens is 274 g/mol. The SMILES string of the molecule is O=C(O)C1CCC(N2CCC(Cc3ccccc3)CC2)CC1. The Labute approximate surface area is 133 Å². The molecule has 0 unspecified atom stereocenters. The van der Waals surface area contributed by atoms with Gasteiger partial charge in [0.05, 0.1) is 5.92 Å². The Morgan fingerprint density at radius 1 is 1.00 bits per heavy atom. The van der Waals surface area contributed by atoms with Crippen molar-refractivity contribution < 1.29 is 9.90 Å². The number of hydrogen-bond donors (Lipinski definition) is 1. The van der Waals surface area contributed by atoms with E-state index in [1.165, 1.54) is 37.9 Å². The molecule has 0 spiro atoms. The van der Waals surface area contributed by atoms with Crippen LogP contribution in [0.15, 0.2) is 30.3 Å². The molecule has 0 bridgehead atoms. The minimum Gasteiger partial charge on any atom is -0.481 e. The predicted molar refractivity (Wildman–Crippen MR) is 87.8 cm³/mol. The van der Waals surface area contributed by atoms with E-state index in [1.807, 2.05) is 0 Å². The number of aliphatic carboxylic acids is 1. The van der Waals surface area contributed by atoms with Gasteiger partial charge in [0, 0.05) is 6.04 Å². The normalized spacial score (nSPS) is 27.6. The summed E-state index contributed by atoms with van der Waals surface area (Å²) in [6.45, 7) is 2.39. The van der Waals surface area contributed by atoms with Gasteiger partial charge in [0.1, 0.15) is 0 Å². The Kier molecular flexibility index (Phi) is 5.14. The quantitative estimate of drug-likeness (QED) is 0.924. The molecule has 1 aliphatic heterocycles. The second-order valence-corrected chi connectivity index (χ2v) is 7.01. The van der Waals surface area contributed by atoms with Crippen molar-refractivity contribution in [1.29, 1.82) is 0 Å². The van der Waals surface area contributed by atoms with Crippen molar-refractivity contribution in [2.24, 2.45) is 11.8 Å². The van der Waals surface area contributed by atoms with E-state index in [2.05, 4.69) is 35.2 Å². The van der Waals surface area contributed by atoms with Gasteiger partial charge in [-0.25, -0.2) is 0 Å².